The Morgan fingerprint density at radius 3 is 1.88 bits per heavy atom. The summed E-state index contributed by atoms with van der Waals surface area (Å²) in [7, 11) is 0. The molecule has 0 radical (unpaired) electrons. The number of ether oxygens (including phenoxy) is 1. The zero-order valence-electron chi connectivity index (χ0n) is 23.5. The summed E-state index contributed by atoms with van der Waals surface area (Å²) in [6, 6.07) is 51.8. The van der Waals surface area contributed by atoms with Crippen LogP contribution in [0.5, 0.6) is 11.5 Å². The van der Waals surface area contributed by atoms with Crippen molar-refractivity contribution in [2.75, 3.05) is 16.5 Å². The van der Waals surface area contributed by atoms with E-state index >= 15 is 0 Å². The number of anilines is 2. The van der Waals surface area contributed by atoms with Crippen LogP contribution in [-0.4, -0.2) is 24.9 Å². The van der Waals surface area contributed by atoms with Gasteiger partial charge >= 0.3 is 225 Å². The van der Waals surface area contributed by atoms with E-state index < -0.39 is 13.3 Å². The predicted octanol–water partition coefficient (Wildman–Crippen LogP) is 5.99. The van der Waals surface area contributed by atoms with Crippen LogP contribution in [0.1, 0.15) is 0 Å². The van der Waals surface area contributed by atoms with Crippen molar-refractivity contribution in [1.82, 2.24) is 4.98 Å². The van der Waals surface area contributed by atoms with E-state index in [1.165, 1.54) is 28.8 Å². The summed E-state index contributed by atoms with van der Waals surface area (Å²) in [5.41, 5.74) is 4.51. The van der Waals surface area contributed by atoms with Crippen LogP contribution in [0, 0.1) is 0 Å². The van der Waals surface area contributed by atoms with Gasteiger partial charge in [-0.25, -0.2) is 0 Å². The van der Waals surface area contributed by atoms with Gasteiger partial charge < -0.3 is 0 Å². The SMILES string of the molecule is C1=CN(c2cccc(Oc3cc[c]4c(c3)-c3nccc[c]3[Ge]4([c]3ccccc3)[c]3ccccc3)c2)CN1c1ccccc1. The molecule has 5 aromatic carbocycles. The molecular formula is C38H29GeN3O. The summed E-state index contributed by atoms with van der Waals surface area (Å²) in [6.07, 6.45) is 6.14. The van der Waals surface area contributed by atoms with Crippen LogP contribution in [0.4, 0.5) is 11.4 Å². The summed E-state index contributed by atoms with van der Waals surface area (Å²) >= 11 is -3.26. The van der Waals surface area contributed by atoms with Crippen LogP contribution in [0.3, 0.4) is 0 Å². The second-order valence-electron chi connectivity index (χ2n) is 10.9. The smallest absolute Gasteiger partial charge is 0.0621 e. The molecule has 0 fully saturated rings. The monoisotopic (exact) mass is 617 g/mol. The average Bonchev–Trinajstić information content (AvgIpc) is 3.69. The van der Waals surface area contributed by atoms with Crippen molar-refractivity contribution >= 4 is 42.2 Å². The molecule has 43 heavy (non-hydrogen) atoms. The number of rotatable bonds is 6. The molecule has 0 amide bonds. The van der Waals surface area contributed by atoms with E-state index in [4.69, 9.17) is 9.72 Å². The minimum Gasteiger partial charge on any atom is -0.0621 e. The molecule has 206 valence electrons. The number of fused-ring (bicyclic) bond motifs is 3. The molecule has 0 aliphatic carbocycles. The van der Waals surface area contributed by atoms with Gasteiger partial charge in [0, 0.05) is 0 Å². The van der Waals surface area contributed by atoms with Gasteiger partial charge in [-0.3, -0.25) is 0 Å². The van der Waals surface area contributed by atoms with Gasteiger partial charge in [0.2, 0.25) is 0 Å². The van der Waals surface area contributed by atoms with Crippen molar-refractivity contribution in [2.45, 2.75) is 0 Å². The molecular weight excluding hydrogens is 587 g/mol. The fourth-order valence-corrected chi connectivity index (χ4v) is 17.2. The van der Waals surface area contributed by atoms with Crippen molar-refractivity contribution in [3.8, 4) is 22.8 Å². The topological polar surface area (TPSA) is 28.6 Å². The minimum absolute atomic E-state index is 0.752. The van der Waals surface area contributed by atoms with Gasteiger partial charge in [0.15, 0.2) is 0 Å². The third kappa shape index (κ3) is 4.34. The van der Waals surface area contributed by atoms with Crippen LogP contribution in [-0.2, 0) is 0 Å². The Hall–Kier alpha value is -5.07. The number of para-hydroxylation sites is 1. The maximum absolute atomic E-state index is 6.54. The van der Waals surface area contributed by atoms with Gasteiger partial charge in [0.1, 0.15) is 0 Å². The average molecular weight is 616 g/mol. The van der Waals surface area contributed by atoms with Crippen molar-refractivity contribution in [3.05, 3.63) is 164 Å². The van der Waals surface area contributed by atoms with Gasteiger partial charge in [0.05, 0.1) is 0 Å². The molecule has 0 N–H and O–H groups in total. The number of hydrogen-bond donors (Lipinski definition) is 0. The Kier molecular flexibility index (Phi) is 6.34. The quantitative estimate of drug-likeness (QED) is 0.215. The summed E-state index contributed by atoms with van der Waals surface area (Å²) in [6.45, 7) is 0.752. The van der Waals surface area contributed by atoms with Crippen molar-refractivity contribution in [3.63, 3.8) is 0 Å². The van der Waals surface area contributed by atoms with E-state index in [-0.39, 0.29) is 0 Å². The summed E-state index contributed by atoms with van der Waals surface area (Å²) in [5.74, 6) is 1.62. The molecule has 0 saturated heterocycles. The normalized spacial score (nSPS) is 14.4. The van der Waals surface area contributed by atoms with Crippen LogP contribution in [0.15, 0.2) is 164 Å². The van der Waals surface area contributed by atoms with E-state index in [1.807, 2.05) is 18.3 Å². The molecule has 0 atom stereocenters. The van der Waals surface area contributed by atoms with E-state index in [9.17, 15) is 0 Å². The van der Waals surface area contributed by atoms with Gasteiger partial charge in [-0.05, 0) is 12.1 Å². The molecule has 4 nitrogen and oxygen atoms in total. The first-order chi connectivity index (χ1) is 21.3. The van der Waals surface area contributed by atoms with Crippen LogP contribution in [0.2, 0.25) is 0 Å². The molecule has 0 bridgehead atoms. The molecule has 0 unspecified atom stereocenters. The van der Waals surface area contributed by atoms with Crippen LogP contribution < -0.4 is 32.1 Å². The Morgan fingerprint density at radius 1 is 0.535 bits per heavy atom. The van der Waals surface area contributed by atoms with Crippen molar-refractivity contribution in [1.29, 1.82) is 0 Å². The molecule has 2 aliphatic rings. The summed E-state index contributed by atoms with van der Waals surface area (Å²) in [5, 5.41) is 0. The zero-order valence-corrected chi connectivity index (χ0v) is 25.6. The maximum atomic E-state index is 6.54. The standard InChI is InChI=1S/C38H29GeN3O/c1-4-12-29(13-5-1)39(30-14-6-2-7-15-30)36-22-21-34(27-35(36)38-37(39)20-11-23-40-38)43-33-19-10-18-32(26-33)42-25-24-41(28-42)31-16-8-3-9-17-31/h1-27H,28H2. The van der Waals surface area contributed by atoms with Crippen LogP contribution in [0.25, 0.3) is 11.3 Å². The van der Waals surface area contributed by atoms with E-state index in [0.717, 1.165) is 29.5 Å². The van der Waals surface area contributed by atoms with E-state index in [0.29, 0.717) is 0 Å². The van der Waals surface area contributed by atoms with E-state index in [2.05, 4.69) is 156 Å². The number of nitrogens with zero attached hydrogens (tertiary/aromatic N) is 3. The molecule has 8 rings (SSSR count). The second kappa shape index (κ2) is 10.6. The molecule has 3 heterocycles. The Balaban J connectivity index is 1.16. The first kappa shape index (κ1) is 25.6. The minimum atomic E-state index is -3.26. The van der Waals surface area contributed by atoms with Gasteiger partial charge in [0.25, 0.3) is 0 Å². The molecule has 1 aromatic heterocycles. The Bertz CT molecular complexity index is 1900. The number of benzene rings is 5. The third-order valence-corrected chi connectivity index (χ3v) is 18.7. The zero-order chi connectivity index (χ0) is 28.6. The Labute approximate surface area is 254 Å². The molecule has 0 spiro atoms. The van der Waals surface area contributed by atoms with Gasteiger partial charge in [-0.15, -0.1) is 0 Å². The number of pyridine rings is 1. The van der Waals surface area contributed by atoms with Crippen LogP contribution >= 0.6 is 0 Å². The van der Waals surface area contributed by atoms with Crippen molar-refractivity contribution in [2.24, 2.45) is 0 Å². The molecule has 5 heteroatoms. The fourth-order valence-electron chi connectivity index (χ4n) is 6.58. The first-order valence-electron chi connectivity index (χ1n) is 14.6. The second-order valence-corrected chi connectivity index (χ2v) is 18.7. The van der Waals surface area contributed by atoms with Gasteiger partial charge in [-0.1, -0.05) is 18.2 Å². The third-order valence-electron chi connectivity index (χ3n) is 8.48. The predicted molar refractivity (Wildman–Crippen MR) is 179 cm³/mol. The van der Waals surface area contributed by atoms with Gasteiger partial charge in [-0.2, -0.15) is 0 Å². The summed E-state index contributed by atoms with van der Waals surface area (Å²) < 4.78 is 12.1. The molecule has 2 aliphatic heterocycles. The first-order valence-corrected chi connectivity index (χ1v) is 18.8. The summed E-state index contributed by atoms with van der Waals surface area (Å²) in [4.78, 5) is 9.42. The van der Waals surface area contributed by atoms with E-state index in [1.54, 1.807) is 0 Å². The van der Waals surface area contributed by atoms with Crippen molar-refractivity contribution < 1.29 is 4.74 Å². The fraction of sp³-hybridized carbons (Fsp3) is 0.0263. The Morgan fingerprint density at radius 2 is 1.16 bits per heavy atom. The number of hydrogen-bond acceptors (Lipinski definition) is 4. The molecule has 6 aromatic rings. The molecule has 0 saturated carbocycles. The number of aromatic nitrogens is 1.